The number of amides is 1. The first-order valence-electron chi connectivity index (χ1n) is 12.2. The number of likely N-dealkylation sites (tertiary alicyclic amines) is 1. The van der Waals surface area contributed by atoms with Gasteiger partial charge in [-0.15, -0.1) is 24.0 Å². The van der Waals surface area contributed by atoms with Gasteiger partial charge in [0, 0.05) is 52.4 Å². The van der Waals surface area contributed by atoms with Gasteiger partial charge >= 0.3 is 0 Å². The standard InChI is InChI=1S/C25H42N6O.HI/c1-20(2)28-24(32)19-30-13-15-31(16-14-30)25(26-4)27-17-22-9-11-29(12-10-22)18-23-7-5-21(3)6-8-23;/h5-8,20,22H,9-19H2,1-4H3,(H,26,27)(H,28,32);1H. The number of hydrogen-bond donors (Lipinski definition) is 2. The lowest BCUT2D eigenvalue weighted by Crippen LogP contribution is -2.54. The zero-order valence-electron chi connectivity index (χ0n) is 20.8. The first kappa shape index (κ1) is 27.9. The Balaban J connectivity index is 0.00000385. The fourth-order valence-electron chi connectivity index (χ4n) is 4.56. The predicted octanol–water partition coefficient (Wildman–Crippen LogP) is 2.54. The van der Waals surface area contributed by atoms with Crippen molar-refractivity contribution in [2.75, 3.05) is 59.4 Å². The Kier molecular flexibility index (Phi) is 11.9. The fourth-order valence-corrected chi connectivity index (χ4v) is 4.56. The molecule has 0 unspecified atom stereocenters. The molecule has 7 nitrogen and oxygen atoms in total. The van der Waals surface area contributed by atoms with Crippen molar-refractivity contribution in [3.63, 3.8) is 0 Å². The molecule has 2 aliphatic rings. The maximum absolute atomic E-state index is 12.0. The van der Waals surface area contributed by atoms with E-state index in [1.165, 1.54) is 24.0 Å². The predicted molar refractivity (Wildman–Crippen MR) is 147 cm³/mol. The van der Waals surface area contributed by atoms with E-state index in [-0.39, 0.29) is 35.9 Å². The zero-order chi connectivity index (χ0) is 22.9. The lowest BCUT2D eigenvalue weighted by atomic mass is 9.96. The van der Waals surface area contributed by atoms with Crippen LogP contribution in [0, 0.1) is 12.8 Å². The Morgan fingerprint density at radius 3 is 2.24 bits per heavy atom. The largest absolute Gasteiger partial charge is 0.356 e. The molecule has 1 aromatic carbocycles. The van der Waals surface area contributed by atoms with E-state index in [0.717, 1.165) is 58.3 Å². The van der Waals surface area contributed by atoms with Crippen LogP contribution in [0.3, 0.4) is 0 Å². The number of guanidine groups is 1. The summed E-state index contributed by atoms with van der Waals surface area (Å²) in [4.78, 5) is 23.7. The number of aryl methyl sites for hydroxylation is 1. The molecule has 3 rings (SSSR count). The third-order valence-corrected chi connectivity index (χ3v) is 6.48. The molecule has 2 N–H and O–H groups in total. The summed E-state index contributed by atoms with van der Waals surface area (Å²) >= 11 is 0. The van der Waals surface area contributed by atoms with Crippen molar-refractivity contribution in [1.29, 1.82) is 0 Å². The van der Waals surface area contributed by atoms with Gasteiger partial charge in [0.25, 0.3) is 0 Å². The molecule has 186 valence electrons. The summed E-state index contributed by atoms with van der Waals surface area (Å²) in [5.74, 6) is 1.81. The SMILES string of the molecule is CN=C(NCC1CCN(Cc2ccc(C)cc2)CC1)N1CCN(CC(=O)NC(C)C)CC1.I. The van der Waals surface area contributed by atoms with Crippen LogP contribution in [0.4, 0.5) is 0 Å². The van der Waals surface area contributed by atoms with Crippen molar-refractivity contribution in [2.45, 2.75) is 46.2 Å². The van der Waals surface area contributed by atoms with Crippen LogP contribution in [0.15, 0.2) is 29.3 Å². The van der Waals surface area contributed by atoms with E-state index in [2.05, 4.69) is 61.5 Å². The fraction of sp³-hybridized carbons (Fsp3) is 0.680. The minimum atomic E-state index is 0. The van der Waals surface area contributed by atoms with Gasteiger partial charge in [-0.25, -0.2) is 0 Å². The molecular formula is C25H43IN6O. The van der Waals surface area contributed by atoms with E-state index < -0.39 is 0 Å². The van der Waals surface area contributed by atoms with E-state index in [1.54, 1.807) is 0 Å². The van der Waals surface area contributed by atoms with Gasteiger partial charge in [0.15, 0.2) is 5.96 Å². The van der Waals surface area contributed by atoms with E-state index in [9.17, 15) is 4.79 Å². The number of hydrogen-bond acceptors (Lipinski definition) is 4. The number of benzene rings is 1. The molecule has 2 saturated heterocycles. The van der Waals surface area contributed by atoms with Crippen molar-refractivity contribution in [3.05, 3.63) is 35.4 Å². The minimum Gasteiger partial charge on any atom is -0.356 e. The first-order chi connectivity index (χ1) is 15.4. The van der Waals surface area contributed by atoms with E-state index in [4.69, 9.17) is 0 Å². The Morgan fingerprint density at radius 2 is 1.67 bits per heavy atom. The van der Waals surface area contributed by atoms with Crippen LogP contribution >= 0.6 is 24.0 Å². The van der Waals surface area contributed by atoms with Gasteiger partial charge in [0.2, 0.25) is 5.91 Å². The third-order valence-electron chi connectivity index (χ3n) is 6.48. The van der Waals surface area contributed by atoms with Crippen LogP contribution in [-0.4, -0.2) is 92.0 Å². The van der Waals surface area contributed by atoms with Crippen LogP contribution in [-0.2, 0) is 11.3 Å². The van der Waals surface area contributed by atoms with Crippen LogP contribution in [0.5, 0.6) is 0 Å². The normalized spacial score (nSPS) is 18.8. The van der Waals surface area contributed by atoms with Crippen molar-refractivity contribution in [2.24, 2.45) is 10.9 Å². The molecule has 0 radical (unpaired) electrons. The summed E-state index contributed by atoms with van der Waals surface area (Å²) < 4.78 is 0. The highest BCUT2D eigenvalue weighted by molar-refractivity contribution is 14.0. The molecule has 8 heteroatoms. The average molecular weight is 571 g/mol. The van der Waals surface area contributed by atoms with Gasteiger partial charge in [0.05, 0.1) is 6.54 Å². The highest BCUT2D eigenvalue weighted by atomic mass is 127. The van der Waals surface area contributed by atoms with Crippen molar-refractivity contribution in [3.8, 4) is 0 Å². The number of piperidine rings is 1. The van der Waals surface area contributed by atoms with Gasteiger partial charge in [0.1, 0.15) is 0 Å². The second-order valence-electron chi connectivity index (χ2n) is 9.62. The molecule has 0 atom stereocenters. The number of halogens is 1. The van der Waals surface area contributed by atoms with Crippen LogP contribution in [0.25, 0.3) is 0 Å². The number of rotatable bonds is 7. The quantitative estimate of drug-likeness (QED) is 0.300. The van der Waals surface area contributed by atoms with Gasteiger partial charge in [-0.3, -0.25) is 19.6 Å². The Bertz CT molecular complexity index is 738. The Hall–Kier alpha value is -1.39. The number of carbonyl (C=O) groups is 1. The lowest BCUT2D eigenvalue weighted by Gasteiger charge is -2.37. The molecule has 0 spiro atoms. The van der Waals surface area contributed by atoms with E-state index in [1.807, 2.05) is 20.9 Å². The highest BCUT2D eigenvalue weighted by Gasteiger charge is 2.23. The molecule has 0 aromatic heterocycles. The van der Waals surface area contributed by atoms with Crippen molar-refractivity contribution >= 4 is 35.8 Å². The summed E-state index contributed by atoms with van der Waals surface area (Å²) in [6.07, 6.45) is 2.46. The second-order valence-corrected chi connectivity index (χ2v) is 9.62. The van der Waals surface area contributed by atoms with E-state index >= 15 is 0 Å². The number of piperazine rings is 1. The van der Waals surface area contributed by atoms with Crippen LogP contribution in [0.1, 0.15) is 37.8 Å². The second kappa shape index (κ2) is 14.1. The monoisotopic (exact) mass is 570 g/mol. The van der Waals surface area contributed by atoms with E-state index in [0.29, 0.717) is 12.5 Å². The molecule has 0 saturated carbocycles. The van der Waals surface area contributed by atoms with Gasteiger partial charge in [-0.05, 0) is 58.2 Å². The van der Waals surface area contributed by atoms with Crippen LogP contribution < -0.4 is 10.6 Å². The smallest absolute Gasteiger partial charge is 0.234 e. The van der Waals surface area contributed by atoms with Gasteiger partial charge in [-0.2, -0.15) is 0 Å². The number of aliphatic imine (C=N–C) groups is 1. The van der Waals surface area contributed by atoms with Crippen LogP contribution in [0.2, 0.25) is 0 Å². The van der Waals surface area contributed by atoms with Gasteiger partial charge in [-0.1, -0.05) is 29.8 Å². The van der Waals surface area contributed by atoms with Crippen molar-refractivity contribution < 1.29 is 4.79 Å². The molecule has 33 heavy (non-hydrogen) atoms. The summed E-state index contributed by atoms with van der Waals surface area (Å²) in [6, 6.07) is 9.11. The zero-order valence-corrected chi connectivity index (χ0v) is 23.2. The third kappa shape index (κ3) is 9.41. The topological polar surface area (TPSA) is 63.2 Å². The molecule has 1 aromatic rings. The summed E-state index contributed by atoms with van der Waals surface area (Å²) in [6.45, 7) is 14.6. The maximum atomic E-state index is 12.0. The van der Waals surface area contributed by atoms with Crippen molar-refractivity contribution in [1.82, 2.24) is 25.3 Å². The summed E-state index contributed by atoms with van der Waals surface area (Å²) in [7, 11) is 1.87. The molecule has 2 fully saturated rings. The minimum absolute atomic E-state index is 0. The number of carbonyl (C=O) groups excluding carboxylic acids is 1. The molecule has 2 aliphatic heterocycles. The average Bonchev–Trinajstić information content (AvgIpc) is 2.77. The number of nitrogens with zero attached hydrogens (tertiary/aromatic N) is 4. The molecule has 0 aliphatic carbocycles. The maximum Gasteiger partial charge on any atom is 0.234 e. The highest BCUT2D eigenvalue weighted by Crippen LogP contribution is 2.19. The van der Waals surface area contributed by atoms with Gasteiger partial charge < -0.3 is 15.5 Å². The lowest BCUT2D eigenvalue weighted by molar-refractivity contribution is -0.123. The molecule has 1 amide bonds. The summed E-state index contributed by atoms with van der Waals surface area (Å²) in [5, 5.41) is 6.60. The number of nitrogens with one attached hydrogen (secondary N) is 2. The Labute approximate surface area is 217 Å². The Morgan fingerprint density at radius 1 is 1.03 bits per heavy atom. The first-order valence-corrected chi connectivity index (χ1v) is 12.2. The molecule has 0 bridgehead atoms. The molecule has 2 heterocycles. The summed E-state index contributed by atoms with van der Waals surface area (Å²) in [5.41, 5.74) is 2.73. The molecular weight excluding hydrogens is 527 g/mol.